The Morgan fingerprint density at radius 1 is 0.853 bits per heavy atom. The van der Waals surface area contributed by atoms with Crippen molar-refractivity contribution in [2.75, 3.05) is 19.8 Å². The van der Waals surface area contributed by atoms with E-state index in [1.807, 2.05) is 0 Å². The van der Waals surface area contributed by atoms with E-state index in [-0.39, 0.29) is 36.0 Å². The van der Waals surface area contributed by atoms with Gasteiger partial charge in [-0.05, 0) is 6.42 Å². The summed E-state index contributed by atoms with van der Waals surface area (Å²) in [5.74, 6) is -2.11. The number of aliphatic hydroxyl groups is 1. The maximum absolute atomic E-state index is 11.7. The molecular weight excluding hydrogens is 476 g/mol. The predicted octanol–water partition coefficient (Wildman–Crippen LogP) is -0.413. The first kappa shape index (κ1) is 36.1. The van der Waals surface area contributed by atoms with E-state index >= 15 is 0 Å². The van der Waals surface area contributed by atoms with Gasteiger partial charge in [0.1, 0.15) is 12.7 Å². The number of aliphatic hydroxyl groups excluding tert-OH is 1. The molecule has 34 heavy (non-hydrogen) atoms. The molecule has 0 radical (unpaired) electrons. The predicted molar refractivity (Wildman–Crippen MR) is 122 cm³/mol. The van der Waals surface area contributed by atoms with Crippen molar-refractivity contribution in [3.8, 4) is 0 Å². The fraction of sp³-hybridized carbons (Fsp3) is 0.909. The number of carboxylic acid groups (broad SMARTS) is 1. The summed E-state index contributed by atoms with van der Waals surface area (Å²) in [6.07, 6.45) is 14.6. The number of phosphoric acid groups is 1. The van der Waals surface area contributed by atoms with Crippen molar-refractivity contribution in [2.45, 2.75) is 109 Å². The first-order valence-corrected chi connectivity index (χ1v) is 13.6. The van der Waals surface area contributed by atoms with E-state index in [1.54, 1.807) is 0 Å². The zero-order valence-corrected chi connectivity index (χ0v) is 23.8. The van der Waals surface area contributed by atoms with E-state index in [1.165, 1.54) is 57.8 Å². The van der Waals surface area contributed by atoms with Crippen molar-refractivity contribution >= 4 is 19.8 Å². The largest absolute Gasteiger partial charge is 1.00 e. The third-order valence-electron chi connectivity index (χ3n) is 5.07. The minimum absolute atomic E-state index is 0. The summed E-state index contributed by atoms with van der Waals surface area (Å²) in [4.78, 5) is 31.5. The van der Waals surface area contributed by atoms with Gasteiger partial charge in [0.25, 0.3) is 0 Å². The molecule has 10 nitrogen and oxygen atoms in total. The van der Waals surface area contributed by atoms with Crippen LogP contribution >= 0.6 is 7.82 Å². The Morgan fingerprint density at radius 3 is 1.76 bits per heavy atom. The number of ether oxygens (including phenoxy) is 1. The second-order valence-corrected chi connectivity index (χ2v) is 9.77. The summed E-state index contributed by atoms with van der Waals surface area (Å²) < 4.78 is 25.4. The molecule has 0 saturated carbocycles. The second-order valence-electron chi connectivity index (χ2n) is 8.32. The van der Waals surface area contributed by atoms with Crippen molar-refractivity contribution in [3.63, 3.8) is 0 Å². The molecule has 0 spiro atoms. The molecule has 0 heterocycles. The molecule has 0 aromatic rings. The molecule has 0 bridgehead atoms. The van der Waals surface area contributed by atoms with E-state index in [0.29, 0.717) is 6.42 Å². The van der Waals surface area contributed by atoms with E-state index in [9.17, 15) is 29.3 Å². The van der Waals surface area contributed by atoms with Crippen LogP contribution < -0.4 is 40.4 Å². The molecular formula is C22H43NNaO9P. The average Bonchev–Trinajstić information content (AvgIpc) is 2.77. The molecule has 4 N–H and O–H groups in total. The van der Waals surface area contributed by atoms with Crippen molar-refractivity contribution in [1.29, 1.82) is 0 Å². The van der Waals surface area contributed by atoms with Gasteiger partial charge in [-0.25, -0.2) is 4.57 Å². The molecule has 0 aliphatic heterocycles. The van der Waals surface area contributed by atoms with Gasteiger partial charge in [-0.2, -0.15) is 0 Å². The molecule has 3 unspecified atom stereocenters. The number of phosphoric ester groups is 1. The molecule has 12 heteroatoms. The van der Waals surface area contributed by atoms with Gasteiger partial charge in [0.15, 0.2) is 0 Å². The standard InChI is InChI=1S/C22H44NO9P.Na/c1-2-3-4-5-6-7-8-9-10-11-12-13-14-15-21(25)30-16-19(24)17-31-33(28,29)32-18-20(23)22(26)27;/h19-20,24H,2-18,23H2,1H3,(H,26,27)(H,28,29);/q;+1/p-1. The quantitative estimate of drug-likeness (QED) is 0.0698. The van der Waals surface area contributed by atoms with Crippen molar-refractivity contribution in [2.24, 2.45) is 5.73 Å². The third-order valence-corrected chi connectivity index (χ3v) is 6.02. The fourth-order valence-electron chi connectivity index (χ4n) is 3.06. The molecule has 0 saturated heterocycles. The Hall–Kier alpha value is -0.0300. The van der Waals surface area contributed by atoms with Crippen LogP contribution in [0.5, 0.6) is 0 Å². The van der Waals surface area contributed by atoms with Gasteiger partial charge in [-0.15, -0.1) is 0 Å². The van der Waals surface area contributed by atoms with Crippen LogP contribution in [0.25, 0.3) is 0 Å². The Balaban J connectivity index is 0. The molecule has 0 aromatic heterocycles. The Bertz CT molecular complexity index is 568. The number of rotatable bonds is 23. The van der Waals surface area contributed by atoms with E-state index in [4.69, 9.17) is 10.5 Å². The first-order valence-electron chi connectivity index (χ1n) is 12.1. The van der Waals surface area contributed by atoms with Gasteiger partial charge in [0, 0.05) is 6.42 Å². The van der Waals surface area contributed by atoms with Gasteiger partial charge >= 0.3 is 43.3 Å². The maximum atomic E-state index is 11.7. The number of carbonyl (C=O) groups excluding carboxylic acids is 2. The number of hydrogen-bond acceptors (Lipinski definition) is 9. The van der Waals surface area contributed by atoms with Crippen LogP contribution in [-0.4, -0.2) is 53.9 Å². The summed E-state index contributed by atoms with van der Waals surface area (Å²) in [7, 11) is -4.60. The van der Waals surface area contributed by atoms with Crippen LogP contribution in [0.15, 0.2) is 0 Å². The number of carboxylic acids is 1. The van der Waals surface area contributed by atoms with E-state index in [0.717, 1.165) is 19.3 Å². The smallest absolute Gasteiger partial charge is 0.548 e. The summed E-state index contributed by atoms with van der Waals surface area (Å²) in [6, 6.07) is -1.59. The van der Waals surface area contributed by atoms with Crippen LogP contribution in [0.3, 0.4) is 0 Å². The Labute approximate surface area is 226 Å². The van der Waals surface area contributed by atoms with Crippen LogP contribution in [0.2, 0.25) is 0 Å². The van der Waals surface area contributed by atoms with Crippen molar-refractivity contribution in [3.05, 3.63) is 0 Å². The van der Waals surface area contributed by atoms with Gasteiger partial charge in [-0.1, -0.05) is 84.0 Å². The monoisotopic (exact) mass is 519 g/mol. The Kier molecular flexibility index (Phi) is 24.8. The zero-order valence-electron chi connectivity index (χ0n) is 21.0. The topological polar surface area (TPSA) is 168 Å². The molecule has 0 aliphatic carbocycles. The normalized spacial score (nSPS) is 14.6. The first-order chi connectivity index (χ1) is 15.7. The number of nitrogens with two attached hydrogens (primary N) is 1. The summed E-state index contributed by atoms with van der Waals surface area (Å²) in [5, 5.41) is 20.1. The molecule has 0 rings (SSSR count). The number of hydrogen-bond donors (Lipinski definition) is 3. The summed E-state index contributed by atoms with van der Waals surface area (Å²) in [5.41, 5.74) is 5.09. The number of aliphatic carboxylic acids is 1. The fourth-order valence-corrected chi connectivity index (χ4v) is 3.84. The van der Waals surface area contributed by atoms with E-state index < -0.39 is 51.7 Å². The molecule has 0 aromatic carbocycles. The number of esters is 1. The third kappa shape index (κ3) is 23.7. The average molecular weight is 520 g/mol. The molecule has 0 aliphatic rings. The van der Waals surface area contributed by atoms with Gasteiger partial charge in [-0.3, -0.25) is 13.8 Å². The van der Waals surface area contributed by atoms with Crippen LogP contribution in [0, 0.1) is 0 Å². The second kappa shape index (κ2) is 23.4. The molecule has 196 valence electrons. The zero-order chi connectivity index (χ0) is 25.0. The van der Waals surface area contributed by atoms with Gasteiger partial charge < -0.3 is 30.4 Å². The summed E-state index contributed by atoms with van der Waals surface area (Å²) in [6.45, 7) is 0.406. The number of unbranched alkanes of at least 4 members (excludes halogenated alkanes) is 12. The summed E-state index contributed by atoms with van der Waals surface area (Å²) >= 11 is 0. The maximum Gasteiger partial charge on any atom is 1.00 e. The minimum Gasteiger partial charge on any atom is -0.548 e. The molecule has 3 atom stereocenters. The van der Waals surface area contributed by atoms with Gasteiger partial charge in [0.2, 0.25) is 0 Å². The van der Waals surface area contributed by atoms with E-state index in [2.05, 4.69) is 16.0 Å². The minimum atomic E-state index is -4.60. The number of carbonyl (C=O) groups is 2. The van der Waals surface area contributed by atoms with Crippen molar-refractivity contribution in [1.82, 2.24) is 0 Å². The van der Waals surface area contributed by atoms with Crippen LogP contribution in [-0.2, 0) is 27.9 Å². The van der Waals surface area contributed by atoms with Crippen LogP contribution in [0.1, 0.15) is 96.8 Å². The molecule has 0 fully saturated rings. The van der Waals surface area contributed by atoms with Gasteiger partial charge in [0.05, 0.1) is 25.2 Å². The Morgan fingerprint density at radius 2 is 1.29 bits per heavy atom. The molecule has 0 amide bonds. The van der Waals surface area contributed by atoms with Crippen LogP contribution in [0.4, 0.5) is 0 Å². The van der Waals surface area contributed by atoms with Crippen molar-refractivity contribution < 1.29 is 72.6 Å². The SMILES string of the molecule is CCCCCCCCCCCCCCCC(=O)OCC(O)COP(=O)(O)OCC(N)C(=O)[O-].[Na+].